The zero-order valence-electron chi connectivity index (χ0n) is 10.3. The van der Waals surface area contributed by atoms with E-state index in [1.807, 2.05) is 0 Å². The highest BCUT2D eigenvalue weighted by Crippen LogP contribution is 2.39. The average Bonchev–Trinajstić information content (AvgIpc) is 3.12. The highest BCUT2D eigenvalue weighted by atomic mass is 32.2. The van der Waals surface area contributed by atoms with Crippen LogP contribution in [0.5, 0.6) is 0 Å². The molecule has 17 heavy (non-hydrogen) atoms. The molecule has 1 aliphatic carbocycles. The maximum atomic E-state index is 5.70. The van der Waals surface area contributed by atoms with Gasteiger partial charge in [-0.1, -0.05) is 0 Å². The standard InChI is InChI=1S/C12H19N3OS/c1-15(10-4-6-17-7-5-10)8-11-13-14-12(16-11)9-2-3-9/h9-10H,2-8H2,1H3. The molecule has 94 valence electrons. The van der Waals surface area contributed by atoms with Crippen LogP contribution in [0.25, 0.3) is 0 Å². The Kier molecular flexibility index (Phi) is 3.38. The molecular weight excluding hydrogens is 234 g/mol. The molecule has 3 rings (SSSR count). The molecule has 0 N–H and O–H groups in total. The smallest absolute Gasteiger partial charge is 0.230 e. The minimum absolute atomic E-state index is 0.563. The molecule has 2 heterocycles. The average molecular weight is 253 g/mol. The van der Waals surface area contributed by atoms with Crippen molar-refractivity contribution >= 4 is 11.8 Å². The van der Waals surface area contributed by atoms with E-state index in [4.69, 9.17) is 4.42 Å². The predicted octanol–water partition coefficient (Wildman–Crippen LogP) is 2.27. The maximum Gasteiger partial charge on any atom is 0.230 e. The third-order valence-electron chi connectivity index (χ3n) is 3.61. The summed E-state index contributed by atoms with van der Waals surface area (Å²) in [6.45, 7) is 0.801. The van der Waals surface area contributed by atoms with Crippen LogP contribution in [-0.2, 0) is 6.54 Å². The molecule has 0 spiro atoms. The molecular formula is C12H19N3OS. The summed E-state index contributed by atoms with van der Waals surface area (Å²) in [7, 11) is 2.17. The second-order valence-electron chi connectivity index (χ2n) is 5.07. The predicted molar refractivity (Wildman–Crippen MR) is 68.1 cm³/mol. The summed E-state index contributed by atoms with van der Waals surface area (Å²) >= 11 is 2.06. The quantitative estimate of drug-likeness (QED) is 0.823. The molecule has 1 saturated carbocycles. The van der Waals surface area contributed by atoms with Gasteiger partial charge in [-0.15, -0.1) is 10.2 Å². The number of aromatic nitrogens is 2. The maximum absolute atomic E-state index is 5.70. The minimum atomic E-state index is 0.563. The number of hydrogen-bond acceptors (Lipinski definition) is 5. The molecule has 2 fully saturated rings. The fourth-order valence-electron chi connectivity index (χ4n) is 2.29. The van der Waals surface area contributed by atoms with Gasteiger partial charge in [-0.3, -0.25) is 4.90 Å². The lowest BCUT2D eigenvalue weighted by Gasteiger charge is -2.29. The molecule has 1 aromatic rings. The molecule has 0 unspecified atom stereocenters. The van der Waals surface area contributed by atoms with Crippen LogP contribution in [0.3, 0.4) is 0 Å². The van der Waals surface area contributed by atoms with Crippen LogP contribution in [0.2, 0.25) is 0 Å². The summed E-state index contributed by atoms with van der Waals surface area (Å²) in [6.07, 6.45) is 5.00. The van der Waals surface area contributed by atoms with Gasteiger partial charge >= 0.3 is 0 Å². The zero-order chi connectivity index (χ0) is 11.7. The first-order valence-electron chi connectivity index (χ1n) is 6.43. The van der Waals surface area contributed by atoms with Crippen LogP contribution >= 0.6 is 11.8 Å². The molecule has 0 atom stereocenters. The Bertz CT molecular complexity index is 372. The molecule has 0 aromatic carbocycles. The molecule has 0 radical (unpaired) electrons. The fourth-order valence-corrected chi connectivity index (χ4v) is 3.38. The number of nitrogens with zero attached hydrogens (tertiary/aromatic N) is 3. The molecule has 1 aromatic heterocycles. The van der Waals surface area contributed by atoms with E-state index in [2.05, 4.69) is 33.9 Å². The fraction of sp³-hybridized carbons (Fsp3) is 0.833. The van der Waals surface area contributed by atoms with Gasteiger partial charge in [0.1, 0.15) is 0 Å². The summed E-state index contributed by atoms with van der Waals surface area (Å²) in [5.74, 6) is 4.77. The molecule has 0 bridgehead atoms. The first kappa shape index (κ1) is 11.5. The lowest BCUT2D eigenvalue weighted by Crippen LogP contribution is -2.34. The van der Waals surface area contributed by atoms with E-state index in [1.165, 1.54) is 37.2 Å². The number of rotatable bonds is 4. The van der Waals surface area contributed by atoms with Gasteiger partial charge in [0.25, 0.3) is 0 Å². The van der Waals surface area contributed by atoms with Gasteiger partial charge in [0.05, 0.1) is 6.54 Å². The van der Waals surface area contributed by atoms with E-state index in [1.54, 1.807) is 0 Å². The minimum Gasteiger partial charge on any atom is -0.424 e. The van der Waals surface area contributed by atoms with E-state index in [0.29, 0.717) is 12.0 Å². The summed E-state index contributed by atoms with van der Waals surface area (Å²) < 4.78 is 5.70. The zero-order valence-corrected chi connectivity index (χ0v) is 11.1. The number of hydrogen-bond donors (Lipinski definition) is 0. The van der Waals surface area contributed by atoms with Crippen LogP contribution in [-0.4, -0.2) is 39.7 Å². The SMILES string of the molecule is CN(Cc1nnc(C2CC2)o1)C1CCSCC1. The molecule has 4 nitrogen and oxygen atoms in total. The Labute approximate surface area is 106 Å². The van der Waals surface area contributed by atoms with Crippen molar-refractivity contribution in [3.63, 3.8) is 0 Å². The third-order valence-corrected chi connectivity index (χ3v) is 4.66. The van der Waals surface area contributed by atoms with E-state index in [9.17, 15) is 0 Å². The number of thioether (sulfide) groups is 1. The van der Waals surface area contributed by atoms with Crippen molar-refractivity contribution in [1.82, 2.24) is 15.1 Å². The topological polar surface area (TPSA) is 42.2 Å². The van der Waals surface area contributed by atoms with Gasteiger partial charge < -0.3 is 4.42 Å². The lowest BCUT2D eigenvalue weighted by atomic mass is 10.1. The van der Waals surface area contributed by atoms with E-state index >= 15 is 0 Å². The van der Waals surface area contributed by atoms with Crippen LogP contribution in [0.1, 0.15) is 43.4 Å². The van der Waals surface area contributed by atoms with Gasteiger partial charge in [-0.25, -0.2) is 0 Å². The second-order valence-corrected chi connectivity index (χ2v) is 6.29. The van der Waals surface area contributed by atoms with Crippen LogP contribution in [0, 0.1) is 0 Å². The van der Waals surface area contributed by atoms with Crippen molar-refractivity contribution in [2.45, 2.75) is 44.2 Å². The van der Waals surface area contributed by atoms with Crippen molar-refractivity contribution in [2.75, 3.05) is 18.6 Å². The summed E-state index contributed by atoms with van der Waals surface area (Å²) in [5.41, 5.74) is 0. The lowest BCUT2D eigenvalue weighted by molar-refractivity contribution is 0.200. The highest BCUT2D eigenvalue weighted by molar-refractivity contribution is 7.99. The Morgan fingerprint density at radius 2 is 2.00 bits per heavy atom. The van der Waals surface area contributed by atoms with Crippen LogP contribution in [0.4, 0.5) is 0 Å². The summed E-state index contributed by atoms with van der Waals surface area (Å²) in [4.78, 5) is 2.36. The molecule has 1 saturated heterocycles. The molecule has 1 aliphatic heterocycles. The van der Waals surface area contributed by atoms with Crippen molar-refractivity contribution < 1.29 is 4.42 Å². The third kappa shape index (κ3) is 2.83. The largest absolute Gasteiger partial charge is 0.424 e. The van der Waals surface area contributed by atoms with E-state index in [-0.39, 0.29) is 0 Å². The van der Waals surface area contributed by atoms with Crippen molar-refractivity contribution in [3.8, 4) is 0 Å². The molecule has 0 amide bonds. The summed E-state index contributed by atoms with van der Waals surface area (Å²) in [6, 6.07) is 0.688. The molecule has 2 aliphatic rings. The second kappa shape index (κ2) is 4.98. The van der Waals surface area contributed by atoms with Gasteiger partial charge in [-0.2, -0.15) is 11.8 Å². The Balaban J connectivity index is 1.56. The summed E-state index contributed by atoms with van der Waals surface area (Å²) in [5, 5.41) is 8.28. The monoisotopic (exact) mass is 253 g/mol. The molecule has 5 heteroatoms. The first-order chi connectivity index (χ1) is 8.33. The van der Waals surface area contributed by atoms with Gasteiger partial charge in [0.2, 0.25) is 11.8 Å². The van der Waals surface area contributed by atoms with Crippen molar-refractivity contribution in [1.29, 1.82) is 0 Å². The Morgan fingerprint density at radius 1 is 1.24 bits per heavy atom. The van der Waals surface area contributed by atoms with Crippen molar-refractivity contribution in [2.24, 2.45) is 0 Å². The van der Waals surface area contributed by atoms with Crippen LogP contribution < -0.4 is 0 Å². The van der Waals surface area contributed by atoms with Gasteiger partial charge in [-0.05, 0) is 44.2 Å². The normalized spacial score (nSPS) is 22.2. The van der Waals surface area contributed by atoms with Crippen LogP contribution in [0.15, 0.2) is 4.42 Å². The van der Waals surface area contributed by atoms with Crippen molar-refractivity contribution in [3.05, 3.63) is 11.8 Å². The van der Waals surface area contributed by atoms with E-state index in [0.717, 1.165) is 18.3 Å². The Morgan fingerprint density at radius 3 is 2.71 bits per heavy atom. The van der Waals surface area contributed by atoms with Gasteiger partial charge in [0, 0.05) is 12.0 Å². The van der Waals surface area contributed by atoms with E-state index < -0.39 is 0 Å². The van der Waals surface area contributed by atoms with Gasteiger partial charge in [0.15, 0.2) is 0 Å². The Hall–Kier alpha value is -0.550. The first-order valence-corrected chi connectivity index (χ1v) is 7.58. The highest BCUT2D eigenvalue weighted by Gasteiger charge is 2.29.